The number of hydrogen-bond acceptors (Lipinski definition) is 8. The lowest BCUT2D eigenvalue weighted by Gasteiger charge is -2.29. The van der Waals surface area contributed by atoms with Gasteiger partial charge in [0.2, 0.25) is 17.7 Å². The molecule has 10 heteroatoms. The molecule has 3 aliphatic heterocycles. The van der Waals surface area contributed by atoms with Crippen LogP contribution in [0.15, 0.2) is 22.6 Å². The van der Waals surface area contributed by atoms with Crippen LogP contribution in [0, 0.1) is 0 Å². The number of aromatic nitrogens is 2. The average molecular weight is 396 g/mol. The highest BCUT2D eigenvalue weighted by Gasteiger charge is 2.39. The molecule has 3 N–H and O–H groups in total. The molecule has 0 saturated carbocycles. The van der Waals surface area contributed by atoms with Gasteiger partial charge in [-0.2, -0.15) is 0 Å². The van der Waals surface area contributed by atoms with E-state index < -0.39 is 11.9 Å². The van der Waals surface area contributed by atoms with Crippen LogP contribution in [-0.4, -0.2) is 52.0 Å². The quantitative estimate of drug-likeness (QED) is 0.608. The Morgan fingerprint density at radius 3 is 2.83 bits per heavy atom. The first-order valence-electron chi connectivity index (χ1n) is 9.63. The zero-order valence-electron chi connectivity index (χ0n) is 15.6. The molecule has 5 rings (SSSR count). The maximum atomic E-state index is 13.1. The number of hydrogen-bond donors (Lipinski definition) is 3. The summed E-state index contributed by atoms with van der Waals surface area (Å²) in [6.07, 6.45) is 0.583. The molecular formula is C19H20N6O4. The molecule has 3 aliphatic rings. The number of carbonyl (C=O) groups is 3. The van der Waals surface area contributed by atoms with Crippen LogP contribution in [0.4, 0.5) is 6.01 Å². The van der Waals surface area contributed by atoms with Gasteiger partial charge in [0.1, 0.15) is 6.04 Å². The van der Waals surface area contributed by atoms with Crippen molar-refractivity contribution in [3.63, 3.8) is 0 Å². The zero-order chi connectivity index (χ0) is 20.0. The van der Waals surface area contributed by atoms with Gasteiger partial charge in [-0.1, -0.05) is 23.3 Å². The van der Waals surface area contributed by atoms with Crippen LogP contribution in [-0.2, 0) is 22.7 Å². The Bertz CT molecular complexity index is 998. The topological polar surface area (TPSA) is 129 Å². The highest BCUT2D eigenvalue weighted by Crippen LogP contribution is 2.30. The molecule has 1 unspecified atom stereocenters. The van der Waals surface area contributed by atoms with Crippen LogP contribution in [0.25, 0.3) is 0 Å². The van der Waals surface area contributed by atoms with Gasteiger partial charge < -0.3 is 20.0 Å². The van der Waals surface area contributed by atoms with E-state index in [4.69, 9.17) is 4.42 Å². The van der Waals surface area contributed by atoms with Crippen molar-refractivity contribution in [2.45, 2.75) is 37.9 Å². The molecule has 1 atom stereocenters. The van der Waals surface area contributed by atoms with Crippen molar-refractivity contribution in [3.05, 3.63) is 40.8 Å². The summed E-state index contributed by atoms with van der Waals surface area (Å²) in [6.45, 7) is 2.37. The first-order valence-corrected chi connectivity index (χ1v) is 9.63. The molecule has 2 saturated heterocycles. The fourth-order valence-electron chi connectivity index (χ4n) is 3.94. The minimum absolute atomic E-state index is 0.196. The molecule has 150 valence electrons. The lowest BCUT2D eigenvalue weighted by atomic mass is 10.0. The Labute approximate surface area is 166 Å². The summed E-state index contributed by atoms with van der Waals surface area (Å²) < 4.78 is 5.64. The van der Waals surface area contributed by atoms with Gasteiger partial charge in [-0.3, -0.25) is 19.7 Å². The van der Waals surface area contributed by atoms with Gasteiger partial charge in [0, 0.05) is 38.2 Å². The third-order valence-electron chi connectivity index (χ3n) is 5.64. The number of fused-ring (bicyclic) bond motifs is 1. The maximum Gasteiger partial charge on any atom is 0.315 e. The number of nitrogens with one attached hydrogen (secondary N) is 3. The van der Waals surface area contributed by atoms with Crippen molar-refractivity contribution < 1.29 is 18.8 Å². The molecule has 10 nitrogen and oxygen atoms in total. The molecule has 0 bridgehead atoms. The monoisotopic (exact) mass is 396 g/mol. The molecule has 0 radical (unpaired) electrons. The number of piperidine rings is 1. The van der Waals surface area contributed by atoms with E-state index in [0.29, 0.717) is 37.0 Å². The fraction of sp³-hybridized carbons (Fsp3) is 0.421. The van der Waals surface area contributed by atoms with Gasteiger partial charge in [0.25, 0.3) is 5.91 Å². The highest BCUT2D eigenvalue weighted by atomic mass is 16.4. The SMILES string of the molecule is O=C1CCC(N2Cc3cccc(CNc4nnc(C5CNC5)o4)c3C2=O)C(=O)N1. The van der Waals surface area contributed by atoms with Gasteiger partial charge >= 0.3 is 6.01 Å². The Kier molecular flexibility index (Phi) is 4.27. The number of anilines is 1. The van der Waals surface area contributed by atoms with Crippen LogP contribution < -0.4 is 16.0 Å². The molecule has 3 amide bonds. The van der Waals surface area contributed by atoms with Crippen LogP contribution >= 0.6 is 0 Å². The summed E-state index contributed by atoms with van der Waals surface area (Å²) in [5, 5.41) is 16.6. The third kappa shape index (κ3) is 3.15. The lowest BCUT2D eigenvalue weighted by molar-refractivity contribution is -0.136. The first-order chi connectivity index (χ1) is 14.1. The van der Waals surface area contributed by atoms with Crippen LogP contribution in [0.3, 0.4) is 0 Å². The summed E-state index contributed by atoms with van der Waals surface area (Å²) in [7, 11) is 0. The van der Waals surface area contributed by atoms with Crippen LogP contribution in [0.1, 0.15) is 46.1 Å². The molecule has 0 spiro atoms. The summed E-state index contributed by atoms with van der Waals surface area (Å²) >= 11 is 0. The number of benzene rings is 1. The van der Waals surface area contributed by atoms with Gasteiger partial charge in [0.05, 0.1) is 5.92 Å². The van der Waals surface area contributed by atoms with Crippen LogP contribution in [0.5, 0.6) is 0 Å². The van der Waals surface area contributed by atoms with Gasteiger partial charge in [-0.05, 0) is 17.5 Å². The zero-order valence-corrected chi connectivity index (χ0v) is 15.6. The molecule has 2 fully saturated rings. The van der Waals surface area contributed by atoms with Crippen molar-refractivity contribution >= 4 is 23.7 Å². The van der Waals surface area contributed by atoms with Gasteiger partial charge in [0.15, 0.2) is 0 Å². The Morgan fingerprint density at radius 1 is 1.21 bits per heavy atom. The predicted molar refractivity (Wildman–Crippen MR) is 99.7 cm³/mol. The van der Waals surface area contributed by atoms with Gasteiger partial charge in [-0.25, -0.2) is 0 Å². The van der Waals surface area contributed by atoms with Crippen molar-refractivity contribution in [2.24, 2.45) is 0 Å². The maximum absolute atomic E-state index is 13.1. The Hall–Kier alpha value is -3.27. The molecule has 2 aromatic rings. The summed E-state index contributed by atoms with van der Waals surface area (Å²) in [4.78, 5) is 38.2. The molecule has 1 aromatic carbocycles. The molecule has 29 heavy (non-hydrogen) atoms. The van der Waals surface area contributed by atoms with Crippen molar-refractivity contribution in [1.82, 2.24) is 25.7 Å². The highest BCUT2D eigenvalue weighted by molar-refractivity contribution is 6.06. The van der Waals surface area contributed by atoms with Crippen LogP contribution in [0.2, 0.25) is 0 Å². The molecular weight excluding hydrogens is 376 g/mol. The van der Waals surface area contributed by atoms with E-state index in [1.54, 1.807) is 4.90 Å². The van der Waals surface area contributed by atoms with Crippen molar-refractivity contribution in [2.75, 3.05) is 18.4 Å². The smallest absolute Gasteiger partial charge is 0.315 e. The number of carbonyl (C=O) groups excluding carboxylic acids is 3. The number of nitrogens with zero attached hydrogens (tertiary/aromatic N) is 3. The average Bonchev–Trinajstić information content (AvgIpc) is 3.24. The van der Waals surface area contributed by atoms with E-state index in [9.17, 15) is 14.4 Å². The summed E-state index contributed by atoms with van der Waals surface area (Å²) in [6, 6.07) is 5.33. The normalized spacial score (nSPS) is 21.7. The number of rotatable bonds is 5. The number of imide groups is 1. The fourth-order valence-corrected chi connectivity index (χ4v) is 3.94. The minimum Gasteiger partial charge on any atom is -0.408 e. The molecule has 1 aromatic heterocycles. The van der Waals surface area contributed by atoms with Crippen molar-refractivity contribution in [1.29, 1.82) is 0 Å². The first kappa shape index (κ1) is 17.8. The summed E-state index contributed by atoms with van der Waals surface area (Å²) in [5.41, 5.74) is 2.26. The van der Waals surface area contributed by atoms with E-state index >= 15 is 0 Å². The van der Waals surface area contributed by atoms with E-state index in [1.165, 1.54) is 0 Å². The third-order valence-corrected chi connectivity index (χ3v) is 5.64. The minimum atomic E-state index is -0.622. The van der Waals surface area contributed by atoms with E-state index in [-0.39, 0.29) is 24.2 Å². The van der Waals surface area contributed by atoms with E-state index in [2.05, 4.69) is 26.1 Å². The second kappa shape index (κ2) is 6.96. The standard InChI is InChI=1S/C19H20N6O4/c26-14-5-4-13(16(27)22-14)25-9-11-3-1-2-10(15(11)18(25)28)8-21-19-24-23-17(29-19)12-6-20-7-12/h1-3,12-13,20H,4-9H2,(H,21,24)(H,22,26,27). The second-order valence-electron chi connectivity index (χ2n) is 7.51. The van der Waals surface area contributed by atoms with Crippen molar-refractivity contribution in [3.8, 4) is 0 Å². The summed E-state index contributed by atoms with van der Waals surface area (Å²) in [5.74, 6) is -0.0474. The van der Waals surface area contributed by atoms with E-state index in [0.717, 1.165) is 24.2 Å². The van der Waals surface area contributed by atoms with E-state index in [1.807, 2.05) is 18.2 Å². The Morgan fingerprint density at radius 2 is 2.07 bits per heavy atom. The second-order valence-corrected chi connectivity index (χ2v) is 7.51. The molecule has 0 aliphatic carbocycles. The molecule has 4 heterocycles. The largest absolute Gasteiger partial charge is 0.408 e. The lowest BCUT2D eigenvalue weighted by Crippen LogP contribution is -2.52. The van der Waals surface area contributed by atoms with Gasteiger partial charge in [-0.15, -0.1) is 5.10 Å². The predicted octanol–water partition coefficient (Wildman–Crippen LogP) is 0.130. The Balaban J connectivity index is 1.31. The number of amides is 3.